The molecule has 35 heavy (non-hydrogen) atoms. The van der Waals surface area contributed by atoms with Crippen molar-refractivity contribution >= 4 is 0 Å². The lowest BCUT2D eigenvalue weighted by Gasteiger charge is -2.42. The summed E-state index contributed by atoms with van der Waals surface area (Å²) in [6.45, 7) is -2.05. The van der Waals surface area contributed by atoms with E-state index in [1.807, 2.05) is 0 Å². The van der Waals surface area contributed by atoms with Gasteiger partial charge in [-0.25, -0.2) is 0 Å². The van der Waals surface area contributed by atoms with E-state index in [-0.39, 0.29) is 6.54 Å². The van der Waals surface area contributed by atoms with Gasteiger partial charge in [0.2, 0.25) is 0 Å². The summed E-state index contributed by atoms with van der Waals surface area (Å²) in [6, 6.07) is 0. The number of likely N-dealkylation sites (N-methyl/N-ethyl adjacent to an activating group) is 1. The Morgan fingerprint density at radius 3 is 1.71 bits per heavy atom. The predicted octanol–water partition coefficient (Wildman–Crippen LogP) is -7.71. The lowest BCUT2D eigenvalue weighted by molar-refractivity contribution is -0.333. The molecule has 0 aromatic heterocycles. The van der Waals surface area contributed by atoms with Gasteiger partial charge in [0.1, 0.15) is 67.1 Å². The summed E-state index contributed by atoms with van der Waals surface area (Å²) in [5, 5.41) is 112. The van der Waals surface area contributed by atoms with Gasteiger partial charge in [0.25, 0.3) is 0 Å². The maximum absolute atomic E-state index is 10.2. The molecule has 0 saturated carbocycles. The van der Waals surface area contributed by atoms with Crippen LogP contribution in [0.5, 0.6) is 0 Å². The van der Waals surface area contributed by atoms with Crippen LogP contribution in [0, 0.1) is 0 Å². The predicted molar refractivity (Wildman–Crippen MR) is 110 cm³/mol. The summed E-state index contributed by atoms with van der Waals surface area (Å²) in [4.78, 5) is 0. The van der Waals surface area contributed by atoms with Crippen molar-refractivity contribution in [3.63, 3.8) is 0 Å². The van der Waals surface area contributed by atoms with Crippen molar-refractivity contribution in [3.05, 3.63) is 0 Å². The highest BCUT2D eigenvalue weighted by molar-refractivity contribution is 4.92. The quantitative estimate of drug-likeness (QED) is 0.114. The maximum Gasteiger partial charge on any atom is 0.186 e. The smallest absolute Gasteiger partial charge is 0.186 e. The zero-order valence-corrected chi connectivity index (χ0v) is 19.0. The van der Waals surface area contributed by atoms with Crippen molar-refractivity contribution in [1.29, 1.82) is 0 Å². The second kappa shape index (κ2) is 13.8. The average molecular weight is 519 g/mol. The zero-order valence-electron chi connectivity index (χ0n) is 19.0. The van der Waals surface area contributed by atoms with Gasteiger partial charge < -0.3 is 80.4 Å². The molecule has 2 aliphatic heterocycles. The summed E-state index contributed by atoms with van der Waals surface area (Å²) >= 11 is 0. The van der Waals surface area contributed by atoms with Gasteiger partial charge in [-0.1, -0.05) is 0 Å². The average Bonchev–Trinajstić information content (AvgIpc) is 2.84. The molecule has 0 aliphatic carbocycles. The van der Waals surface area contributed by atoms with Gasteiger partial charge in [-0.3, -0.25) is 0 Å². The number of aliphatic hydroxyl groups is 11. The van der Waals surface area contributed by atoms with Crippen LogP contribution in [-0.4, -0.2) is 175 Å². The van der Waals surface area contributed by atoms with Crippen molar-refractivity contribution in [1.82, 2.24) is 5.32 Å². The van der Waals surface area contributed by atoms with E-state index in [0.29, 0.717) is 0 Å². The van der Waals surface area contributed by atoms with Crippen LogP contribution in [0.2, 0.25) is 0 Å². The highest BCUT2D eigenvalue weighted by Crippen LogP contribution is 2.26. The van der Waals surface area contributed by atoms with Crippen LogP contribution in [0.3, 0.4) is 0 Å². The molecule has 0 amide bonds. The number of hydrogen-bond acceptors (Lipinski definition) is 16. The standard InChI is InChI=1S/C19H37NO15/c1-20-2-6(22)10(24)11(25)7(23)4-32-18-17(31)15(29)13(27)9(35-18)5-33-19-16(30)14(28)12(26)8(3-21)34-19/h6-31H,2-5H2,1H3/t6?,7?,8-,9?,10-,11-,12-,13-,14+,15+,16-,17-,18-,19-/m1/s1. The molecule has 0 aromatic carbocycles. The van der Waals surface area contributed by atoms with E-state index in [1.54, 1.807) is 0 Å². The van der Waals surface area contributed by atoms with Gasteiger partial charge in [0.05, 0.1) is 25.9 Å². The van der Waals surface area contributed by atoms with Gasteiger partial charge in [-0.15, -0.1) is 0 Å². The Morgan fingerprint density at radius 1 is 0.686 bits per heavy atom. The Morgan fingerprint density at radius 2 is 1.17 bits per heavy atom. The molecule has 2 fully saturated rings. The number of hydrogen-bond donors (Lipinski definition) is 12. The minimum atomic E-state index is -1.83. The topological polar surface area (TPSA) is 271 Å². The monoisotopic (exact) mass is 519 g/mol. The van der Waals surface area contributed by atoms with Gasteiger partial charge in [-0.05, 0) is 7.05 Å². The number of ether oxygens (including phenoxy) is 4. The number of nitrogens with one attached hydrogen (secondary N) is 1. The minimum absolute atomic E-state index is 0.0730. The molecule has 12 N–H and O–H groups in total. The molecular formula is C19H37NO15. The Kier molecular flexibility index (Phi) is 12.0. The van der Waals surface area contributed by atoms with Crippen molar-refractivity contribution in [2.75, 3.05) is 33.4 Å². The third kappa shape index (κ3) is 7.45. The first-order valence-electron chi connectivity index (χ1n) is 11.0. The normalized spacial score (nSPS) is 41.8. The van der Waals surface area contributed by atoms with E-state index >= 15 is 0 Å². The van der Waals surface area contributed by atoms with Gasteiger partial charge in [0, 0.05) is 6.54 Å². The van der Waals surface area contributed by atoms with Gasteiger partial charge in [-0.2, -0.15) is 0 Å². The van der Waals surface area contributed by atoms with Crippen molar-refractivity contribution < 1.29 is 75.1 Å². The van der Waals surface area contributed by atoms with Gasteiger partial charge >= 0.3 is 0 Å². The molecule has 208 valence electrons. The van der Waals surface area contributed by atoms with E-state index in [2.05, 4.69) is 5.32 Å². The number of rotatable bonds is 12. The molecule has 0 spiro atoms. The molecule has 0 radical (unpaired) electrons. The molecule has 0 bridgehead atoms. The maximum atomic E-state index is 10.2. The van der Waals surface area contributed by atoms with Crippen LogP contribution in [0.4, 0.5) is 0 Å². The molecule has 14 atom stereocenters. The van der Waals surface area contributed by atoms with E-state index in [9.17, 15) is 56.2 Å². The number of aliphatic hydroxyl groups excluding tert-OH is 11. The lowest BCUT2D eigenvalue weighted by atomic mass is 9.98. The van der Waals surface area contributed by atoms with Gasteiger partial charge in [0.15, 0.2) is 12.6 Å². The van der Waals surface area contributed by atoms with E-state index in [0.717, 1.165) is 0 Å². The summed E-state index contributed by atoms with van der Waals surface area (Å²) in [7, 11) is 1.50. The lowest BCUT2D eigenvalue weighted by Crippen LogP contribution is -2.62. The minimum Gasteiger partial charge on any atom is -0.394 e. The molecule has 0 aromatic rings. The molecule has 2 saturated heterocycles. The van der Waals surface area contributed by atoms with Crippen LogP contribution in [0.1, 0.15) is 0 Å². The highest BCUT2D eigenvalue weighted by Gasteiger charge is 2.47. The first-order valence-corrected chi connectivity index (χ1v) is 11.0. The first-order chi connectivity index (χ1) is 16.4. The van der Waals surface area contributed by atoms with Crippen molar-refractivity contribution in [2.24, 2.45) is 0 Å². The molecular weight excluding hydrogens is 482 g/mol. The largest absolute Gasteiger partial charge is 0.394 e. The fourth-order valence-corrected chi connectivity index (χ4v) is 3.66. The third-order valence-electron chi connectivity index (χ3n) is 5.92. The summed E-state index contributed by atoms with van der Waals surface area (Å²) in [5.74, 6) is 0. The SMILES string of the molecule is CNCC(O)[C@@H](O)[C@H](O)C(O)CO[C@@H]1OC(CO[C@@H]2O[C@H](CO)[C@@H](O)[C@H](O)[C@H]2O)[C@@H](O)[C@H](O)[C@H]1O. The fraction of sp³-hybridized carbons (Fsp3) is 1.00. The Hall–Kier alpha value is -0.640. The second-order valence-corrected chi connectivity index (χ2v) is 8.55. The third-order valence-corrected chi connectivity index (χ3v) is 5.92. The van der Waals surface area contributed by atoms with Crippen molar-refractivity contribution in [2.45, 2.75) is 85.8 Å². The highest BCUT2D eigenvalue weighted by atomic mass is 16.7. The van der Waals surface area contributed by atoms with Crippen LogP contribution in [-0.2, 0) is 18.9 Å². The molecule has 2 rings (SSSR count). The summed E-state index contributed by atoms with van der Waals surface area (Å²) in [5.41, 5.74) is 0. The molecule has 16 nitrogen and oxygen atoms in total. The zero-order chi connectivity index (χ0) is 26.4. The molecule has 16 heteroatoms. The summed E-state index contributed by atoms with van der Waals surface area (Å²) in [6.07, 6.45) is -22.9. The van der Waals surface area contributed by atoms with Crippen LogP contribution in [0.15, 0.2) is 0 Å². The first kappa shape index (κ1) is 30.6. The Bertz CT molecular complexity index is 617. The molecule has 3 unspecified atom stereocenters. The van der Waals surface area contributed by atoms with Crippen LogP contribution < -0.4 is 5.32 Å². The van der Waals surface area contributed by atoms with Crippen LogP contribution in [0.25, 0.3) is 0 Å². The van der Waals surface area contributed by atoms with E-state index < -0.39 is 106 Å². The van der Waals surface area contributed by atoms with Crippen molar-refractivity contribution in [3.8, 4) is 0 Å². The van der Waals surface area contributed by atoms with E-state index in [4.69, 9.17) is 18.9 Å². The Labute approximate surface area is 200 Å². The van der Waals surface area contributed by atoms with E-state index in [1.165, 1.54) is 7.05 Å². The van der Waals surface area contributed by atoms with Crippen LogP contribution >= 0.6 is 0 Å². The Balaban J connectivity index is 1.94. The second-order valence-electron chi connectivity index (χ2n) is 8.55. The molecule has 2 heterocycles. The summed E-state index contributed by atoms with van der Waals surface area (Å²) < 4.78 is 21.0. The fourth-order valence-electron chi connectivity index (χ4n) is 3.66. The molecule has 2 aliphatic rings.